The Morgan fingerprint density at radius 1 is 1.09 bits per heavy atom. The Hall–Kier alpha value is -4.85. The van der Waals surface area contributed by atoms with E-state index in [2.05, 4.69) is 15.3 Å². The van der Waals surface area contributed by atoms with Crippen LogP contribution in [0.4, 0.5) is 33.3 Å². The van der Waals surface area contributed by atoms with Crippen LogP contribution < -0.4 is 15.1 Å². The van der Waals surface area contributed by atoms with E-state index < -0.39 is 59.6 Å². The lowest BCUT2D eigenvalue weighted by molar-refractivity contribution is -0.167. The van der Waals surface area contributed by atoms with Gasteiger partial charge in [0.15, 0.2) is 0 Å². The summed E-state index contributed by atoms with van der Waals surface area (Å²) in [5.41, 5.74) is 1.63. The van der Waals surface area contributed by atoms with Gasteiger partial charge in [-0.05, 0) is 35.9 Å². The van der Waals surface area contributed by atoms with E-state index in [0.29, 0.717) is 39.9 Å². The summed E-state index contributed by atoms with van der Waals surface area (Å²) in [4.78, 5) is 36.9. The van der Waals surface area contributed by atoms with Crippen molar-refractivity contribution in [1.29, 1.82) is 0 Å². The molecular weight excluding hydrogens is 601 g/mol. The number of rotatable bonds is 8. The number of nitrogens with zero attached hydrogens (tertiary/aromatic N) is 4. The van der Waals surface area contributed by atoms with Gasteiger partial charge >= 0.3 is 12.1 Å². The van der Waals surface area contributed by atoms with Gasteiger partial charge < -0.3 is 25.0 Å². The predicted octanol–water partition coefficient (Wildman–Crippen LogP) is 4.83. The van der Waals surface area contributed by atoms with Crippen LogP contribution in [-0.2, 0) is 16.0 Å². The van der Waals surface area contributed by atoms with Crippen LogP contribution in [0.2, 0.25) is 0 Å². The molecule has 1 aliphatic heterocycles. The summed E-state index contributed by atoms with van der Waals surface area (Å²) in [6.45, 7) is -1.10. The number of aliphatic carboxylic acids is 1. The first kappa shape index (κ1) is 31.6. The Kier molecular flexibility index (Phi) is 8.87. The van der Waals surface area contributed by atoms with E-state index >= 15 is 8.78 Å². The van der Waals surface area contributed by atoms with Gasteiger partial charge in [-0.15, -0.1) is 0 Å². The summed E-state index contributed by atoms with van der Waals surface area (Å²) in [6.07, 6.45) is -1.79. The number of carboxylic acid groups (broad SMARTS) is 1. The van der Waals surface area contributed by atoms with Crippen molar-refractivity contribution in [3.05, 3.63) is 83.7 Å². The highest BCUT2D eigenvalue weighted by Crippen LogP contribution is 2.35. The average molecular weight is 630 g/mol. The Balaban J connectivity index is 1.43. The van der Waals surface area contributed by atoms with E-state index in [1.807, 2.05) is 25.1 Å². The molecule has 45 heavy (non-hydrogen) atoms. The van der Waals surface area contributed by atoms with Gasteiger partial charge in [-0.25, -0.2) is 13.6 Å². The fourth-order valence-electron chi connectivity index (χ4n) is 5.34. The third-order valence-corrected chi connectivity index (χ3v) is 7.50. The third-order valence-electron chi connectivity index (χ3n) is 7.50. The number of carbonyl (C=O) groups is 2. The molecule has 2 aromatic heterocycles. The first-order valence-electron chi connectivity index (χ1n) is 13.8. The van der Waals surface area contributed by atoms with Crippen LogP contribution >= 0.6 is 0 Å². The predicted molar refractivity (Wildman–Crippen MR) is 156 cm³/mol. The number of ether oxygens (including phenoxy) is 1. The van der Waals surface area contributed by atoms with Crippen LogP contribution in [-0.4, -0.2) is 79.1 Å². The molecule has 2 aromatic carbocycles. The highest BCUT2D eigenvalue weighted by molar-refractivity contribution is 5.99. The van der Waals surface area contributed by atoms with Gasteiger partial charge in [0.25, 0.3) is 5.91 Å². The van der Waals surface area contributed by atoms with Gasteiger partial charge in [0.05, 0.1) is 30.1 Å². The van der Waals surface area contributed by atoms with Crippen molar-refractivity contribution in [2.75, 3.05) is 43.7 Å². The number of fused-ring (bicyclic) bond motifs is 1. The summed E-state index contributed by atoms with van der Waals surface area (Å²) in [7, 11) is 3.73. The molecule has 0 bridgehead atoms. The highest BCUT2D eigenvalue weighted by Gasteiger charge is 2.46. The van der Waals surface area contributed by atoms with Crippen LogP contribution in [0.25, 0.3) is 22.2 Å². The van der Waals surface area contributed by atoms with E-state index in [4.69, 9.17) is 4.74 Å². The maximum absolute atomic E-state index is 15.1. The van der Waals surface area contributed by atoms with Crippen molar-refractivity contribution < 1.29 is 41.4 Å². The van der Waals surface area contributed by atoms with Crippen molar-refractivity contribution >= 4 is 34.2 Å². The fraction of sp³-hybridized carbons (Fsp3) is 0.290. The normalized spacial score (nSPS) is 16.0. The van der Waals surface area contributed by atoms with Crippen LogP contribution in [0.1, 0.15) is 15.9 Å². The molecule has 0 aliphatic carbocycles. The molecular formula is C31H28F5N5O4. The van der Waals surface area contributed by atoms with Crippen LogP contribution in [0.5, 0.6) is 0 Å². The summed E-state index contributed by atoms with van der Waals surface area (Å²) in [6, 6.07) is 7.98. The minimum absolute atomic E-state index is 0.0950. The number of halogens is 5. The molecule has 1 fully saturated rings. The first-order valence-corrected chi connectivity index (χ1v) is 13.8. The highest BCUT2D eigenvalue weighted by atomic mass is 19.4. The maximum atomic E-state index is 15.1. The molecule has 2 N–H and O–H groups in total. The summed E-state index contributed by atoms with van der Waals surface area (Å²) < 4.78 is 75.6. The number of carbonyl (C=O) groups excluding carboxylic acids is 1. The van der Waals surface area contributed by atoms with E-state index in [1.165, 1.54) is 0 Å². The molecule has 4 aromatic rings. The molecule has 1 aliphatic rings. The summed E-state index contributed by atoms with van der Waals surface area (Å²) in [5.74, 6) is -5.72. The lowest BCUT2D eigenvalue weighted by Crippen LogP contribution is -2.53. The smallest absolute Gasteiger partial charge is 0.411 e. The second-order valence-electron chi connectivity index (χ2n) is 10.6. The molecule has 0 unspecified atom stereocenters. The number of anilines is 2. The van der Waals surface area contributed by atoms with E-state index in [9.17, 15) is 27.9 Å². The molecule has 0 saturated carbocycles. The number of morpholine rings is 1. The number of hydrogen-bond donors (Lipinski definition) is 2. The van der Waals surface area contributed by atoms with E-state index in [1.54, 1.807) is 42.7 Å². The van der Waals surface area contributed by atoms with Gasteiger partial charge in [-0.3, -0.25) is 14.8 Å². The Morgan fingerprint density at radius 2 is 1.78 bits per heavy atom. The first-order chi connectivity index (χ1) is 21.4. The molecule has 0 radical (unpaired) electrons. The average Bonchev–Trinajstić information content (AvgIpc) is 3.00. The zero-order valence-corrected chi connectivity index (χ0v) is 24.1. The monoisotopic (exact) mass is 629 g/mol. The van der Waals surface area contributed by atoms with Crippen molar-refractivity contribution in [1.82, 2.24) is 15.3 Å². The SMILES string of the molecule is CN(C)c1cccnc1-c1ccc(C[C@H](NC(=O)c2c(F)cc(N3CCOC[C@@H]3C(F)(F)F)cc2F)C(=O)O)c2cccnc12. The Morgan fingerprint density at radius 3 is 2.44 bits per heavy atom. The lowest BCUT2D eigenvalue weighted by atomic mass is 9.96. The molecule has 1 saturated heterocycles. The largest absolute Gasteiger partial charge is 0.480 e. The van der Waals surface area contributed by atoms with Gasteiger partial charge in [0.1, 0.15) is 29.3 Å². The number of amides is 1. The van der Waals surface area contributed by atoms with Gasteiger partial charge in [0, 0.05) is 56.1 Å². The Bertz CT molecular complexity index is 1730. The quantitative estimate of drug-likeness (QED) is 0.267. The zero-order valence-electron chi connectivity index (χ0n) is 24.1. The van der Waals surface area contributed by atoms with Crippen molar-refractivity contribution in [2.45, 2.75) is 24.7 Å². The zero-order chi connectivity index (χ0) is 32.5. The summed E-state index contributed by atoms with van der Waals surface area (Å²) in [5, 5.41) is 12.7. The van der Waals surface area contributed by atoms with Gasteiger partial charge in [0.2, 0.25) is 0 Å². The number of carboxylic acids is 1. The molecule has 236 valence electrons. The third kappa shape index (κ3) is 6.50. The topological polar surface area (TPSA) is 108 Å². The molecule has 1 amide bonds. The standard InChI is InChI=1S/C31H28F5N5O4/c1-40(2)24-6-4-10-38-28(24)20-8-7-17(19-5-3-9-37-27(19)20)13-23(30(43)44)39-29(42)26-21(32)14-18(15-22(26)33)41-11-12-45-16-25(41)31(34,35)36/h3-10,14-15,23,25H,11-13,16H2,1-2H3,(H,39,42)(H,43,44)/t23-,25+/m0/s1. The van der Waals surface area contributed by atoms with Gasteiger partial charge in [-0.1, -0.05) is 18.2 Å². The number of aromatic nitrogens is 2. The maximum Gasteiger partial charge on any atom is 0.411 e. The Labute approximate surface area is 254 Å². The van der Waals surface area contributed by atoms with Crippen molar-refractivity contribution in [3.63, 3.8) is 0 Å². The number of hydrogen-bond acceptors (Lipinski definition) is 7. The molecule has 14 heteroatoms. The van der Waals surface area contributed by atoms with Crippen molar-refractivity contribution in [2.24, 2.45) is 0 Å². The minimum atomic E-state index is -4.73. The van der Waals surface area contributed by atoms with Crippen LogP contribution in [0.3, 0.4) is 0 Å². The van der Waals surface area contributed by atoms with E-state index in [-0.39, 0.29) is 19.6 Å². The van der Waals surface area contributed by atoms with Gasteiger partial charge in [-0.2, -0.15) is 13.2 Å². The molecule has 0 spiro atoms. The van der Waals surface area contributed by atoms with Crippen LogP contribution in [0, 0.1) is 11.6 Å². The number of nitrogens with one attached hydrogen (secondary N) is 1. The lowest BCUT2D eigenvalue weighted by Gasteiger charge is -2.38. The number of benzene rings is 2. The van der Waals surface area contributed by atoms with E-state index in [0.717, 1.165) is 10.6 Å². The molecule has 3 heterocycles. The number of alkyl halides is 3. The molecule has 2 atom stereocenters. The summed E-state index contributed by atoms with van der Waals surface area (Å²) >= 11 is 0. The fourth-order valence-corrected chi connectivity index (χ4v) is 5.34. The van der Waals surface area contributed by atoms with Crippen LogP contribution in [0.15, 0.2) is 60.9 Å². The second-order valence-corrected chi connectivity index (χ2v) is 10.6. The van der Waals surface area contributed by atoms with Crippen molar-refractivity contribution in [3.8, 4) is 11.3 Å². The number of pyridine rings is 2. The second kappa shape index (κ2) is 12.6. The molecule has 5 rings (SSSR count). The minimum Gasteiger partial charge on any atom is -0.480 e. The molecule has 9 nitrogen and oxygen atoms in total.